The van der Waals surface area contributed by atoms with Crippen molar-refractivity contribution in [1.29, 1.82) is 0 Å². The number of ether oxygens (including phenoxy) is 4. The second-order valence-electron chi connectivity index (χ2n) is 19.8. The van der Waals surface area contributed by atoms with Crippen LogP contribution in [0.2, 0.25) is 0 Å². The molecule has 55 heavy (non-hydrogen) atoms. The van der Waals surface area contributed by atoms with Gasteiger partial charge >= 0.3 is 11.9 Å². The molecule has 0 aromatic rings. The molecule has 14 heteroatoms. The number of allylic oxidation sites excluding steroid dienone is 2. The summed E-state index contributed by atoms with van der Waals surface area (Å²) < 4.78 is 23.8. The Balaban J connectivity index is 1.16. The Hall–Kier alpha value is -1.72. The summed E-state index contributed by atoms with van der Waals surface area (Å²) in [4.78, 5) is 25.3. The third-order valence-corrected chi connectivity index (χ3v) is 17.3. The first kappa shape index (κ1) is 41.4. The molecule has 5 aliphatic carbocycles. The van der Waals surface area contributed by atoms with E-state index in [4.69, 9.17) is 18.9 Å². The number of aliphatic carboxylic acids is 2. The largest absolute Gasteiger partial charge is 0.481 e. The minimum absolute atomic E-state index is 0.0105. The van der Waals surface area contributed by atoms with Crippen molar-refractivity contribution in [1.82, 2.24) is 0 Å². The van der Waals surface area contributed by atoms with Gasteiger partial charge in [-0.2, -0.15) is 0 Å². The molecule has 20 atom stereocenters. The van der Waals surface area contributed by atoms with Crippen LogP contribution < -0.4 is 0 Å². The fourth-order valence-electron chi connectivity index (χ4n) is 13.7. The first-order valence-corrected chi connectivity index (χ1v) is 20.4. The van der Waals surface area contributed by atoms with Crippen LogP contribution in [0.3, 0.4) is 0 Å². The average Bonchev–Trinajstić information content (AvgIpc) is 3.11. The normalized spacial score (nSPS) is 54.8. The summed E-state index contributed by atoms with van der Waals surface area (Å²) in [7, 11) is 0. The Labute approximate surface area is 323 Å². The quantitative estimate of drug-likeness (QED) is 0.143. The van der Waals surface area contributed by atoms with Gasteiger partial charge in [0, 0.05) is 0 Å². The van der Waals surface area contributed by atoms with Crippen LogP contribution >= 0.6 is 0 Å². The minimum Gasteiger partial charge on any atom is -0.481 e. The van der Waals surface area contributed by atoms with Gasteiger partial charge in [-0.25, -0.2) is 4.79 Å². The van der Waals surface area contributed by atoms with Crippen LogP contribution in [0.5, 0.6) is 0 Å². The standard InChI is InChI=1S/C41H64O14/c1-18-19(2)26-20-8-9-24-38(5)12-11-25(37(3,4)23(38)10-13-40(24,7)39(20,6)14-15-41(26,36(50)51)16-21(18)42)53-35-32(29(46)28(45)31(54-35)33(48)49)55-34-30(47)27(44)22(43)17-52-34/h8,18-19,21-32,34-35,42-47H,9-17H2,1-7H3,(H,48,49)(H,50,51)/t18-,19-,21-,22-,23-,24+,25-,26-,27-,28-,29-,30+,31-,32+,34-,35+,38-,39+,40+,41+/m0/s1. The van der Waals surface area contributed by atoms with E-state index in [0.717, 1.165) is 32.1 Å². The van der Waals surface area contributed by atoms with Crippen molar-refractivity contribution in [3.05, 3.63) is 11.6 Å². The number of carbonyl (C=O) groups is 2. The first-order valence-electron chi connectivity index (χ1n) is 20.4. The first-order chi connectivity index (χ1) is 25.6. The lowest BCUT2D eigenvalue weighted by Gasteiger charge is -2.71. The van der Waals surface area contributed by atoms with Gasteiger partial charge in [-0.1, -0.05) is 60.1 Å². The Morgan fingerprint density at radius 1 is 0.764 bits per heavy atom. The number of hydrogen-bond acceptors (Lipinski definition) is 12. The maximum atomic E-state index is 13.1. The van der Waals surface area contributed by atoms with Crippen molar-refractivity contribution in [3.63, 3.8) is 0 Å². The molecule has 312 valence electrons. The fraction of sp³-hybridized carbons (Fsp3) is 0.902. The zero-order valence-corrected chi connectivity index (χ0v) is 33.2. The second-order valence-corrected chi connectivity index (χ2v) is 19.8. The average molecular weight is 781 g/mol. The number of hydrogen-bond donors (Lipinski definition) is 8. The molecule has 2 aliphatic heterocycles. The summed E-state index contributed by atoms with van der Waals surface area (Å²) in [6.07, 6.45) is -7.96. The molecular formula is C41H64O14. The third kappa shape index (κ3) is 5.93. The van der Waals surface area contributed by atoms with Gasteiger partial charge < -0.3 is 59.8 Å². The van der Waals surface area contributed by atoms with E-state index in [2.05, 4.69) is 54.5 Å². The molecule has 8 N–H and O–H groups in total. The molecule has 7 aliphatic rings. The number of carboxylic acid groups (broad SMARTS) is 2. The molecule has 14 nitrogen and oxygen atoms in total. The smallest absolute Gasteiger partial charge is 0.335 e. The summed E-state index contributed by atoms with van der Waals surface area (Å²) in [5.74, 6) is -1.99. The highest BCUT2D eigenvalue weighted by Gasteiger charge is 2.70. The van der Waals surface area contributed by atoms with Crippen molar-refractivity contribution in [2.45, 2.75) is 167 Å². The number of rotatable bonds is 6. The predicted molar refractivity (Wildman–Crippen MR) is 194 cm³/mol. The van der Waals surface area contributed by atoms with E-state index in [1.54, 1.807) is 0 Å². The Bertz CT molecular complexity index is 1540. The van der Waals surface area contributed by atoms with Crippen molar-refractivity contribution < 1.29 is 69.4 Å². The molecule has 0 spiro atoms. The van der Waals surface area contributed by atoms with E-state index < -0.39 is 90.3 Å². The number of aliphatic hydroxyl groups excluding tert-OH is 6. The molecule has 0 amide bonds. The summed E-state index contributed by atoms with van der Waals surface area (Å²) >= 11 is 0. The monoisotopic (exact) mass is 780 g/mol. The van der Waals surface area contributed by atoms with Gasteiger partial charge in [0.05, 0.1) is 24.2 Å². The maximum Gasteiger partial charge on any atom is 0.335 e. The fourth-order valence-corrected chi connectivity index (χ4v) is 13.7. The van der Waals surface area contributed by atoms with Crippen molar-refractivity contribution in [2.75, 3.05) is 6.61 Å². The molecule has 0 aromatic carbocycles. The Kier molecular flexibility index (Phi) is 10.5. The highest BCUT2D eigenvalue weighted by molar-refractivity contribution is 5.77. The molecule has 4 saturated carbocycles. The Morgan fingerprint density at radius 3 is 2.11 bits per heavy atom. The lowest BCUT2D eigenvalue weighted by molar-refractivity contribution is -0.366. The van der Waals surface area contributed by atoms with Gasteiger partial charge in [0.15, 0.2) is 18.7 Å². The van der Waals surface area contributed by atoms with E-state index in [1.807, 2.05) is 0 Å². The number of fused-ring (bicyclic) bond motifs is 7. The lowest BCUT2D eigenvalue weighted by atomic mass is 9.33. The molecule has 0 aromatic heterocycles. The van der Waals surface area contributed by atoms with Crippen molar-refractivity contribution in [2.24, 2.45) is 56.7 Å². The topological polar surface area (TPSA) is 233 Å². The van der Waals surface area contributed by atoms with E-state index in [0.29, 0.717) is 12.8 Å². The molecule has 7 rings (SSSR count). The van der Waals surface area contributed by atoms with E-state index in [9.17, 15) is 50.4 Å². The highest BCUT2D eigenvalue weighted by Crippen LogP contribution is 2.76. The molecule has 2 heterocycles. The molecule has 2 saturated heterocycles. The maximum absolute atomic E-state index is 13.1. The van der Waals surface area contributed by atoms with Crippen LogP contribution in [0.15, 0.2) is 11.6 Å². The predicted octanol–water partition coefficient (Wildman–Crippen LogP) is 2.44. The minimum atomic E-state index is -1.90. The molecule has 0 bridgehead atoms. The van der Waals surface area contributed by atoms with Crippen LogP contribution in [0.25, 0.3) is 0 Å². The van der Waals surface area contributed by atoms with Crippen LogP contribution in [0.1, 0.15) is 99.8 Å². The van der Waals surface area contributed by atoms with Crippen LogP contribution in [-0.4, -0.2) is 127 Å². The van der Waals surface area contributed by atoms with E-state index >= 15 is 0 Å². The van der Waals surface area contributed by atoms with Crippen LogP contribution in [-0.2, 0) is 28.5 Å². The van der Waals surface area contributed by atoms with Gasteiger partial charge in [0.25, 0.3) is 0 Å². The van der Waals surface area contributed by atoms with Crippen LogP contribution in [0, 0.1) is 56.7 Å². The summed E-state index contributed by atoms with van der Waals surface area (Å²) in [6, 6.07) is 0. The third-order valence-electron chi connectivity index (χ3n) is 17.3. The van der Waals surface area contributed by atoms with Crippen molar-refractivity contribution >= 4 is 11.9 Å². The van der Waals surface area contributed by atoms with E-state index in [-0.39, 0.29) is 58.9 Å². The highest BCUT2D eigenvalue weighted by atomic mass is 16.8. The number of aliphatic hydroxyl groups is 6. The zero-order chi connectivity index (χ0) is 40.4. The van der Waals surface area contributed by atoms with Gasteiger partial charge in [-0.15, -0.1) is 0 Å². The zero-order valence-electron chi connectivity index (χ0n) is 33.2. The summed E-state index contributed by atoms with van der Waals surface area (Å²) in [5.41, 5.74) is -0.665. The van der Waals surface area contributed by atoms with Gasteiger partial charge in [-0.05, 0) is 103 Å². The summed E-state index contributed by atoms with van der Waals surface area (Å²) in [5, 5.41) is 84.4. The van der Waals surface area contributed by atoms with Crippen molar-refractivity contribution in [3.8, 4) is 0 Å². The van der Waals surface area contributed by atoms with Gasteiger partial charge in [-0.3, -0.25) is 4.79 Å². The second kappa shape index (κ2) is 13.9. The van der Waals surface area contributed by atoms with Gasteiger partial charge in [0.2, 0.25) is 0 Å². The summed E-state index contributed by atoms with van der Waals surface area (Å²) in [6.45, 7) is 15.3. The number of carboxylic acids is 2. The SMILES string of the molecule is C[C@H]1[C@H](C)[C@@H](O)C[C@]2(C(=O)O)CC[C@]3(C)C(=CC[C@@H]4[C@@]5(C)CC[C@H](O[C@@H]6O[C@H](C(=O)O)[C@@H](O)[C@H](O)[C@H]6O[C@@H]6OC[C@H](O)[C@H](O)[C@H]6O)C(C)(C)[C@@H]5CC[C@]43C)[C@H]12. The molecule has 0 radical (unpaired) electrons. The lowest BCUT2D eigenvalue weighted by Crippen LogP contribution is -2.67. The molecular weight excluding hydrogens is 716 g/mol. The molecule has 0 unspecified atom stereocenters. The Morgan fingerprint density at radius 2 is 1.45 bits per heavy atom. The van der Waals surface area contributed by atoms with Gasteiger partial charge in [0.1, 0.15) is 36.6 Å². The van der Waals surface area contributed by atoms with Crippen LogP contribution in [0.4, 0.5) is 0 Å². The van der Waals surface area contributed by atoms with E-state index in [1.165, 1.54) is 5.57 Å². The molecule has 6 fully saturated rings.